The van der Waals surface area contributed by atoms with E-state index in [0.717, 1.165) is 17.4 Å². The molecule has 2 aromatic carbocycles. The van der Waals surface area contributed by atoms with Crippen molar-refractivity contribution in [1.29, 1.82) is 0 Å². The Bertz CT molecular complexity index is 572. The zero-order valence-corrected chi connectivity index (χ0v) is 10.5. The lowest BCUT2D eigenvalue weighted by Gasteiger charge is -2.07. The summed E-state index contributed by atoms with van der Waals surface area (Å²) >= 11 is 3.60. The maximum absolute atomic E-state index is 4.59. The molecule has 1 heterocycles. The van der Waals surface area contributed by atoms with E-state index in [2.05, 4.69) is 57.3 Å². The summed E-state index contributed by atoms with van der Waals surface area (Å²) in [7, 11) is 0. The van der Waals surface area contributed by atoms with Gasteiger partial charge in [0.1, 0.15) is 0 Å². The molecular weight excluding hydrogens is 262 g/mol. The van der Waals surface area contributed by atoms with Crippen LogP contribution in [0.3, 0.4) is 0 Å². The number of hydrogen-bond donors (Lipinski definition) is 0. The lowest BCUT2D eigenvalue weighted by molar-refractivity contribution is 0.951. The highest BCUT2D eigenvalue weighted by atomic mass is 79.9. The van der Waals surface area contributed by atoms with E-state index in [1.54, 1.807) is 0 Å². The fraction of sp³-hybridized carbons (Fsp3) is 0.214. The van der Waals surface area contributed by atoms with Crippen LogP contribution in [-0.2, 0) is 0 Å². The Kier molecular flexibility index (Phi) is 2.52. The lowest BCUT2D eigenvalue weighted by Crippen LogP contribution is -1.97. The Hall–Kier alpha value is -1.15. The van der Waals surface area contributed by atoms with Crippen LogP contribution in [0.4, 0.5) is 0 Å². The minimum absolute atomic E-state index is 0.986. The SMILES string of the molecule is Brc1ccc(C2=NCCC2)c2ccccc12. The van der Waals surface area contributed by atoms with Crippen LogP contribution in [0.1, 0.15) is 18.4 Å². The van der Waals surface area contributed by atoms with Crippen LogP contribution in [0.5, 0.6) is 0 Å². The third kappa shape index (κ3) is 1.57. The first-order valence-electron chi connectivity index (χ1n) is 5.57. The maximum Gasteiger partial charge on any atom is 0.0427 e. The molecule has 3 rings (SSSR count). The van der Waals surface area contributed by atoms with E-state index in [-0.39, 0.29) is 0 Å². The molecule has 0 aromatic heterocycles. The first-order chi connectivity index (χ1) is 7.86. The second-order valence-corrected chi connectivity index (χ2v) is 4.93. The molecule has 80 valence electrons. The average molecular weight is 274 g/mol. The van der Waals surface area contributed by atoms with Gasteiger partial charge in [0.15, 0.2) is 0 Å². The van der Waals surface area contributed by atoms with E-state index in [9.17, 15) is 0 Å². The molecule has 0 saturated heterocycles. The first kappa shape index (κ1) is 10.0. The second kappa shape index (κ2) is 4.02. The zero-order valence-electron chi connectivity index (χ0n) is 8.91. The number of nitrogens with zero attached hydrogens (tertiary/aromatic N) is 1. The molecular formula is C14H12BrN. The van der Waals surface area contributed by atoms with Crippen LogP contribution in [0.25, 0.3) is 10.8 Å². The van der Waals surface area contributed by atoms with E-state index in [1.165, 1.54) is 28.5 Å². The quantitative estimate of drug-likeness (QED) is 0.739. The van der Waals surface area contributed by atoms with Crippen LogP contribution < -0.4 is 0 Å². The maximum atomic E-state index is 4.59. The topological polar surface area (TPSA) is 12.4 Å². The van der Waals surface area contributed by atoms with Crippen LogP contribution in [0.15, 0.2) is 45.9 Å². The Labute approximate surface area is 103 Å². The van der Waals surface area contributed by atoms with Gasteiger partial charge in [0.05, 0.1) is 0 Å². The summed E-state index contributed by atoms with van der Waals surface area (Å²) in [5.74, 6) is 0. The van der Waals surface area contributed by atoms with Crippen molar-refractivity contribution in [2.45, 2.75) is 12.8 Å². The predicted octanol–water partition coefficient (Wildman–Crippen LogP) is 4.19. The molecule has 0 aliphatic carbocycles. The molecule has 0 unspecified atom stereocenters. The molecule has 0 atom stereocenters. The summed E-state index contributed by atoms with van der Waals surface area (Å²) in [6.07, 6.45) is 2.31. The summed E-state index contributed by atoms with van der Waals surface area (Å²) in [4.78, 5) is 4.59. The van der Waals surface area contributed by atoms with Gasteiger partial charge in [0.2, 0.25) is 0 Å². The van der Waals surface area contributed by atoms with Crippen molar-refractivity contribution >= 4 is 32.4 Å². The molecule has 2 aromatic rings. The van der Waals surface area contributed by atoms with Crippen molar-refractivity contribution in [2.24, 2.45) is 4.99 Å². The molecule has 16 heavy (non-hydrogen) atoms. The fourth-order valence-electron chi connectivity index (χ4n) is 2.27. The van der Waals surface area contributed by atoms with Gasteiger partial charge in [-0.1, -0.05) is 46.3 Å². The first-order valence-corrected chi connectivity index (χ1v) is 6.36. The van der Waals surface area contributed by atoms with Crippen molar-refractivity contribution < 1.29 is 0 Å². The van der Waals surface area contributed by atoms with E-state index < -0.39 is 0 Å². The smallest absolute Gasteiger partial charge is 0.0427 e. The van der Waals surface area contributed by atoms with Crippen molar-refractivity contribution in [3.8, 4) is 0 Å². The van der Waals surface area contributed by atoms with Gasteiger partial charge in [0.25, 0.3) is 0 Å². The Morgan fingerprint density at radius 3 is 2.56 bits per heavy atom. The number of rotatable bonds is 1. The summed E-state index contributed by atoms with van der Waals surface area (Å²) in [5.41, 5.74) is 2.57. The van der Waals surface area contributed by atoms with Crippen molar-refractivity contribution in [1.82, 2.24) is 0 Å². The largest absolute Gasteiger partial charge is 0.289 e. The van der Waals surface area contributed by atoms with Gasteiger partial charge in [-0.3, -0.25) is 4.99 Å². The summed E-state index contributed by atoms with van der Waals surface area (Å²) in [6.45, 7) is 0.986. The Morgan fingerprint density at radius 1 is 1.00 bits per heavy atom. The van der Waals surface area contributed by atoms with Gasteiger partial charge >= 0.3 is 0 Å². The zero-order chi connectivity index (χ0) is 11.0. The highest BCUT2D eigenvalue weighted by molar-refractivity contribution is 9.10. The monoisotopic (exact) mass is 273 g/mol. The van der Waals surface area contributed by atoms with E-state index in [0.29, 0.717) is 0 Å². The van der Waals surface area contributed by atoms with Gasteiger partial charge < -0.3 is 0 Å². The van der Waals surface area contributed by atoms with Crippen molar-refractivity contribution in [2.75, 3.05) is 6.54 Å². The van der Waals surface area contributed by atoms with Crippen LogP contribution in [0.2, 0.25) is 0 Å². The minimum Gasteiger partial charge on any atom is -0.289 e. The number of halogens is 1. The van der Waals surface area contributed by atoms with Gasteiger partial charge in [0, 0.05) is 22.3 Å². The lowest BCUT2D eigenvalue weighted by atomic mass is 9.99. The van der Waals surface area contributed by atoms with Crippen LogP contribution in [0, 0.1) is 0 Å². The average Bonchev–Trinajstić information content (AvgIpc) is 2.83. The Morgan fingerprint density at radius 2 is 1.81 bits per heavy atom. The highest BCUT2D eigenvalue weighted by Gasteiger charge is 2.12. The van der Waals surface area contributed by atoms with Gasteiger partial charge in [-0.15, -0.1) is 0 Å². The molecule has 0 amide bonds. The van der Waals surface area contributed by atoms with Gasteiger partial charge in [-0.25, -0.2) is 0 Å². The summed E-state index contributed by atoms with van der Waals surface area (Å²) in [6, 6.07) is 12.8. The highest BCUT2D eigenvalue weighted by Crippen LogP contribution is 2.28. The third-order valence-electron chi connectivity index (χ3n) is 3.06. The minimum atomic E-state index is 0.986. The number of hydrogen-bond acceptors (Lipinski definition) is 1. The summed E-state index contributed by atoms with van der Waals surface area (Å²) in [5, 5.41) is 2.58. The molecule has 1 nitrogen and oxygen atoms in total. The number of benzene rings is 2. The normalized spacial score (nSPS) is 15.4. The van der Waals surface area contributed by atoms with Crippen molar-refractivity contribution in [3.63, 3.8) is 0 Å². The molecule has 0 spiro atoms. The van der Waals surface area contributed by atoms with Gasteiger partial charge in [-0.2, -0.15) is 0 Å². The molecule has 0 fully saturated rings. The van der Waals surface area contributed by atoms with E-state index >= 15 is 0 Å². The number of fused-ring (bicyclic) bond motifs is 1. The molecule has 1 aliphatic rings. The molecule has 1 aliphatic heterocycles. The molecule has 2 heteroatoms. The summed E-state index contributed by atoms with van der Waals surface area (Å²) < 4.78 is 1.16. The van der Waals surface area contributed by atoms with Crippen LogP contribution >= 0.6 is 15.9 Å². The fourth-order valence-corrected chi connectivity index (χ4v) is 2.75. The molecule has 0 radical (unpaired) electrons. The van der Waals surface area contributed by atoms with Crippen molar-refractivity contribution in [3.05, 3.63) is 46.4 Å². The molecule has 0 saturated carbocycles. The van der Waals surface area contributed by atoms with Gasteiger partial charge in [-0.05, 0) is 29.7 Å². The Balaban J connectivity index is 2.29. The van der Waals surface area contributed by atoms with E-state index in [4.69, 9.17) is 0 Å². The molecule has 0 N–H and O–H groups in total. The van der Waals surface area contributed by atoms with Crippen LogP contribution in [-0.4, -0.2) is 12.3 Å². The predicted molar refractivity (Wildman–Crippen MR) is 72.3 cm³/mol. The standard InChI is InChI=1S/C14H12BrN/c15-13-8-7-12(14-6-3-9-16-14)10-4-1-2-5-11(10)13/h1-2,4-5,7-8H,3,6,9H2. The van der Waals surface area contributed by atoms with E-state index in [1.807, 2.05) is 0 Å². The second-order valence-electron chi connectivity index (χ2n) is 4.07. The third-order valence-corrected chi connectivity index (χ3v) is 3.75. The number of aliphatic imine (C=N–C) groups is 1. The molecule has 0 bridgehead atoms.